The third-order valence-corrected chi connectivity index (χ3v) is 7.63. The quantitative estimate of drug-likeness (QED) is 0.325. The zero-order valence-electron chi connectivity index (χ0n) is 23.2. The van der Waals surface area contributed by atoms with Gasteiger partial charge in [0, 0.05) is 61.4 Å². The Kier molecular flexibility index (Phi) is 6.22. The fraction of sp³-hybridized carbons (Fsp3) is 0.333. The van der Waals surface area contributed by atoms with Crippen LogP contribution in [0, 0.1) is 5.41 Å². The Labute approximate surface area is 231 Å². The van der Waals surface area contributed by atoms with Crippen molar-refractivity contribution in [3.05, 3.63) is 92.9 Å². The number of aliphatic hydroxyl groups excluding tert-OH is 1. The van der Waals surface area contributed by atoms with Crippen LogP contribution in [0.2, 0.25) is 0 Å². The molecule has 0 fully saturated rings. The molecule has 5 heterocycles. The highest BCUT2D eigenvalue weighted by Gasteiger charge is 2.31. The highest BCUT2D eigenvalue weighted by molar-refractivity contribution is 5.73. The zero-order chi connectivity index (χ0) is 28.2. The first kappa shape index (κ1) is 25.8. The maximum absolute atomic E-state index is 13.7. The van der Waals surface area contributed by atoms with Crippen molar-refractivity contribution in [3.63, 3.8) is 0 Å². The van der Waals surface area contributed by atoms with Gasteiger partial charge in [0.05, 0.1) is 18.5 Å². The van der Waals surface area contributed by atoms with E-state index in [9.17, 15) is 14.7 Å². The van der Waals surface area contributed by atoms with Gasteiger partial charge in [0.15, 0.2) is 0 Å². The molecule has 6 rings (SSSR count). The Morgan fingerprint density at radius 3 is 2.70 bits per heavy atom. The molecular formula is C30H33N7O3. The molecule has 5 aromatic heterocycles. The van der Waals surface area contributed by atoms with Crippen molar-refractivity contribution >= 4 is 16.9 Å². The SMILES string of the molecule is CCCn1cc(Nc2cc(-c3ccnc(-n4ccn5c6c(cc5c4=O)CC(C)(C)C6)c3CO)cn(C)c2=O)cn1. The van der Waals surface area contributed by atoms with Crippen molar-refractivity contribution in [2.24, 2.45) is 12.5 Å². The van der Waals surface area contributed by atoms with Gasteiger partial charge in [-0.05, 0) is 54.0 Å². The van der Waals surface area contributed by atoms with Crippen molar-refractivity contribution in [2.75, 3.05) is 5.32 Å². The molecule has 0 amide bonds. The monoisotopic (exact) mass is 539 g/mol. The minimum absolute atomic E-state index is 0.181. The van der Waals surface area contributed by atoms with Gasteiger partial charge in [-0.1, -0.05) is 20.8 Å². The molecule has 0 saturated heterocycles. The summed E-state index contributed by atoms with van der Waals surface area (Å²) in [5.74, 6) is 0.360. The normalized spacial score (nSPS) is 14.1. The number of aromatic nitrogens is 6. The van der Waals surface area contributed by atoms with Crippen LogP contribution in [-0.2, 0) is 33.0 Å². The molecule has 0 saturated carbocycles. The Morgan fingerprint density at radius 2 is 1.93 bits per heavy atom. The lowest BCUT2D eigenvalue weighted by molar-refractivity contribution is 0.281. The van der Waals surface area contributed by atoms with Crippen molar-refractivity contribution in [1.29, 1.82) is 0 Å². The van der Waals surface area contributed by atoms with E-state index in [-0.39, 0.29) is 23.1 Å². The third-order valence-electron chi connectivity index (χ3n) is 7.63. The Hall–Kier alpha value is -4.44. The lowest BCUT2D eigenvalue weighted by Crippen LogP contribution is -2.23. The molecule has 0 aromatic carbocycles. The van der Waals surface area contributed by atoms with Crippen LogP contribution in [0.4, 0.5) is 11.4 Å². The van der Waals surface area contributed by atoms with E-state index in [1.54, 1.807) is 44.0 Å². The zero-order valence-corrected chi connectivity index (χ0v) is 23.2. The van der Waals surface area contributed by atoms with Gasteiger partial charge in [-0.25, -0.2) is 4.98 Å². The Morgan fingerprint density at radius 1 is 1.10 bits per heavy atom. The molecule has 40 heavy (non-hydrogen) atoms. The molecule has 10 nitrogen and oxygen atoms in total. The Balaban J connectivity index is 1.43. The molecule has 0 radical (unpaired) electrons. The molecule has 1 aliphatic carbocycles. The summed E-state index contributed by atoms with van der Waals surface area (Å²) in [5, 5.41) is 18.0. The molecule has 0 spiro atoms. The van der Waals surface area contributed by atoms with E-state index in [2.05, 4.69) is 36.2 Å². The molecule has 0 bridgehead atoms. The van der Waals surface area contributed by atoms with Gasteiger partial charge in [0.25, 0.3) is 11.1 Å². The number of hydrogen-bond donors (Lipinski definition) is 2. The van der Waals surface area contributed by atoms with Crippen LogP contribution in [0.1, 0.15) is 44.0 Å². The van der Waals surface area contributed by atoms with E-state index in [0.29, 0.717) is 39.4 Å². The first-order valence-corrected chi connectivity index (χ1v) is 13.5. The minimum atomic E-state index is -0.336. The lowest BCUT2D eigenvalue weighted by atomic mass is 9.90. The summed E-state index contributed by atoms with van der Waals surface area (Å²) in [4.78, 5) is 31.1. The molecule has 0 atom stereocenters. The summed E-state index contributed by atoms with van der Waals surface area (Å²) in [7, 11) is 1.68. The van der Waals surface area contributed by atoms with Crippen molar-refractivity contribution in [3.8, 4) is 16.9 Å². The molecule has 10 heteroatoms. The second-order valence-corrected chi connectivity index (χ2v) is 11.4. The summed E-state index contributed by atoms with van der Waals surface area (Å²) in [6.45, 7) is 7.01. The third kappa shape index (κ3) is 4.34. The van der Waals surface area contributed by atoms with Crippen LogP contribution in [0.15, 0.2) is 65.0 Å². The predicted octanol–water partition coefficient (Wildman–Crippen LogP) is 3.82. The number of hydrogen-bond acceptors (Lipinski definition) is 6. The van der Waals surface area contributed by atoms with Crippen molar-refractivity contribution < 1.29 is 5.11 Å². The van der Waals surface area contributed by atoms with Crippen LogP contribution >= 0.6 is 0 Å². The molecule has 0 aliphatic heterocycles. The fourth-order valence-corrected chi connectivity index (χ4v) is 5.83. The van der Waals surface area contributed by atoms with E-state index in [4.69, 9.17) is 0 Å². The maximum Gasteiger partial charge on any atom is 0.280 e. The number of anilines is 2. The highest BCUT2D eigenvalue weighted by atomic mass is 16.3. The van der Waals surface area contributed by atoms with Crippen LogP contribution in [0.3, 0.4) is 0 Å². The number of pyridine rings is 2. The van der Waals surface area contributed by atoms with E-state index in [0.717, 1.165) is 25.8 Å². The Bertz CT molecular complexity index is 1870. The van der Waals surface area contributed by atoms with E-state index in [1.165, 1.54) is 20.4 Å². The largest absolute Gasteiger partial charge is 0.392 e. The highest BCUT2D eigenvalue weighted by Crippen LogP contribution is 2.37. The van der Waals surface area contributed by atoms with Gasteiger partial charge in [0.2, 0.25) is 0 Å². The first-order chi connectivity index (χ1) is 19.2. The predicted molar refractivity (Wildman–Crippen MR) is 154 cm³/mol. The number of aryl methyl sites for hydroxylation is 2. The van der Waals surface area contributed by atoms with Gasteiger partial charge >= 0.3 is 0 Å². The molecule has 2 N–H and O–H groups in total. The van der Waals surface area contributed by atoms with Gasteiger partial charge in [-0.3, -0.25) is 18.8 Å². The van der Waals surface area contributed by atoms with Crippen LogP contribution in [0.5, 0.6) is 0 Å². The number of fused-ring (bicyclic) bond motifs is 3. The topological polar surface area (TPSA) is 111 Å². The lowest BCUT2D eigenvalue weighted by Gasteiger charge is -2.17. The molecule has 206 valence electrons. The standard InChI is InChI=1S/C30H33N7O3/c1-5-8-35-17-21(15-32-35)33-24-11-20(16-34(4)28(24)39)22-6-7-31-27(23(22)18-38)37-10-9-36-25(29(37)40)12-19-13-30(2,3)14-26(19)36/h6-7,9-12,15-17,33,38H,5,8,13-14,18H2,1-4H3. The maximum atomic E-state index is 13.7. The molecular weight excluding hydrogens is 506 g/mol. The van der Waals surface area contributed by atoms with Gasteiger partial charge in [-0.2, -0.15) is 5.10 Å². The second kappa shape index (κ2) is 9.63. The van der Waals surface area contributed by atoms with Gasteiger partial charge in [-0.15, -0.1) is 0 Å². The number of aliphatic hydroxyl groups is 1. The van der Waals surface area contributed by atoms with Crippen molar-refractivity contribution in [1.82, 2.24) is 28.3 Å². The fourth-order valence-electron chi connectivity index (χ4n) is 5.83. The second-order valence-electron chi connectivity index (χ2n) is 11.4. The average molecular weight is 540 g/mol. The van der Waals surface area contributed by atoms with E-state index in [1.807, 2.05) is 27.5 Å². The van der Waals surface area contributed by atoms with E-state index < -0.39 is 0 Å². The van der Waals surface area contributed by atoms with Gasteiger partial charge < -0.3 is 19.4 Å². The number of nitrogens with zero attached hydrogens (tertiary/aromatic N) is 6. The van der Waals surface area contributed by atoms with Crippen LogP contribution < -0.4 is 16.4 Å². The number of nitrogens with one attached hydrogen (secondary N) is 1. The van der Waals surface area contributed by atoms with E-state index >= 15 is 0 Å². The van der Waals surface area contributed by atoms with Crippen molar-refractivity contribution in [2.45, 2.75) is 53.2 Å². The van der Waals surface area contributed by atoms with Crippen LogP contribution in [0.25, 0.3) is 22.5 Å². The van der Waals surface area contributed by atoms with Crippen LogP contribution in [-0.4, -0.2) is 33.4 Å². The molecule has 0 unspecified atom stereocenters. The number of rotatable bonds is 7. The molecule has 5 aromatic rings. The summed E-state index contributed by atoms with van der Waals surface area (Å²) >= 11 is 0. The summed E-state index contributed by atoms with van der Waals surface area (Å²) in [6.07, 6.45) is 13.3. The average Bonchev–Trinajstić information content (AvgIpc) is 3.59. The van der Waals surface area contributed by atoms with Gasteiger partial charge in [0.1, 0.15) is 17.0 Å². The summed E-state index contributed by atoms with van der Waals surface area (Å²) in [5.41, 5.74) is 5.74. The summed E-state index contributed by atoms with van der Waals surface area (Å²) < 4.78 is 6.80. The summed E-state index contributed by atoms with van der Waals surface area (Å²) in [6, 6.07) is 5.53. The first-order valence-electron chi connectivity index (χ1n) is 13.5. The minimum Gasteiger partial charge on any atom is -0.392 e. The smallest absolute Gasteiger partial charge is 0.280 e. The molecule has 1 aliphatic rings.